The molecule has 21 heavy (non-hydrogen) atoms. The van der Waals surface area contributed by atoms with Crippen LogP contribution < -0.4 is 5.32 Å². The van der Waals surface area contributed by atoms with Crippen LogP contribution in [-0.4, -0.2) is 23.4 Å². The minimum Gasteiger partial charge on any atom is -0.321 e. The van der Waals surface area contributed by atoms with Crippen LogP contribution in [0.3, 0.4) is 0 Å². The van der Waals surface area contributed by atoms with E-state index in [1.807, 2.05) is 36.1 Å². The molecule has 1 aliphatic heterocycles. The topological polar surface area (TPSA) is 32.3 Å². The molecule has 1 aromatic rings. The first-order valence-electron chi connectivity index (χ1n) is 7.76. The molecule has 1 aromatic carbocycles. The Morgan fingerprint density at radius 2 is 1.86 bits per heavy atom. The van der Waals surface area contributed by atoms with E-state index in [0.717, 1.165) is 23.6 Å². The van der Waals surface area contributed by atoms with Crippen molar-refractivity contribution in [3.05, 3.63) is 34.9 Å². The number of nitrogens with one attached hydrogen (secondary N) is 1. The van der Waals surface area contributed by atoms with E-state index in [4.69, 9.17) is 11.6 Å². The van der Waals surface area contributed by atoms with Crippen molar-refractivity contribution in [1.82, 2.24) is 10.2 Å². The van der Waals surface area contributed by atoms with Gasteiger partial charge >= 0.3 is 0 Å². The van der Waals surface area contributed by atoms with Crippen molar-refractivity contribution in [1.29, 1.82) is 0 Å². The van der Waals surface area contributed by atoms with E-state index in [0.29, 0.717) is 11.8 Å². The summed E-state index contributed by atoms with van der Waals surface area (Å²) in [6.45, 7) is 9.44. The van der Waals surface area contributed by atoms with Gasteiger partial charge in [-0.05, 0) is 36.0 Å². The number of halogens is 1. The van der Waals surface area contributed by atoms with Gasteiger partial charge in [0, 0.05) is 11.6 Å². The molecule has 1 heterocycles. The smallest absolute Gasteiger partial charge is 0.241 e. The molecule has 4 heteroatoms. The first kappa shape index (κ1) is 16.3. The molecule has 3 unspecified atom stereocenters. The summed E-state index contributed by atoms with van der Waals surface area (Å²) in [6.07, 6.45) is 0.774. The fourth-order valence-corrected chi connectivity index (χ4v) is 2.74. The molecule has 0 aromatic heterocycles. The van der Waals surface area contributed by atoms with Crippen molar-refractivity contribution in [2.75, 3.05) is 6.54 Å². The van der Waals surface area contributed by atoms with E-state index in [1.54, 1.807) is 0 Å². The van der Waals surface area contributed by atoms with Gasteiger partial charge in [-0.1, -0.05) is 51.4 Å². The molecule has 1 saturated heterocycles. The van der Waals surface area contributed by atoms with Crippen LogP contribution in [0.25, 0.3) is 0 Å². The maximum Gasteiger partial charge on any atom is 0.241 e. The molecule has 116 valence electrons. The quantitative estimate of drug-likeness (QED) is 0.896. The summed E-state index contributed by atoms with van der Waals surface area (Å²) in [5.74, 6) is 1.25. The number of rotatable bonds is 5. The van der Waals surface area contributed by atoms with Gasteiger partial charge in [0.15, 0.2) is 0 Å². The van der Waals surface area contributed by atoms with Crippen LogP contribution >= 0.6 is 11.6 Å². The fraction of sp³-hybridized carbons (Fsp3) is 0.588. The standard InChI is InChI=1S/C17H25ClN2O/c1-5-15-17(21)20(10-12(4)11(2)3)16(19-15)13-6-8-14(18)9-7-13/h6-9,11-12,15-16,19H,5,10H2,1-4H3. The van der Waals surface area contributed by atoms with E-state index >= 15 is 0 Å². The summed E-state index contributed by atoms with van der Waals surface area (Å²) in [5, 5.41) is 4.17. The molecule has 2 rings (SSSR count). The van der Waals surface area contributed by atoms with Crippen molar-refractivity contribution in [3.63, 3.8) is 0 Å². The number of carbonyl (C=O) groups is 1. The van der Waals surface area contributed by atoms with Gasteiger partial charge in [0.25, 0.3) is 0 Å². The summed E-state index contributed by atoms with van der Waals surface area (Å²) >= 11 is 5.96. The van der Waals surface area contributed by atoms with E-state index in [2.05, 4.69) is 26.1 Å². The lowest BCUT2D eigenvalue weighted by molar-refractivity contribution is -0.130. The lowest BCUT2D eigenvalue weighted by Gasteiger charge is -2.29. The average molecular weight is 309 g/mol. The first-order valence-corrected chi connectivity index (χ1v) is 8.13. The summed E-state index contributed by atoms with van der Waals surface area (Å²) in [7, 11) is 0. The SMILES string of the molecule is CCC1NC(c2ccc(Cl)cc2)N(CC(C)C(C)C)C1=O. The molecule has 3 nitrogen and oxygen atoms in total. The molecule has 1 fully saturated rings. The van der Waals surface area contributed by atoms with Crippen LogP contribution in [0.15, 0.2) is 24.3 Å². The normalized spacial score (nSPS) is 23.9. The highest BCUT2D eigenvalue weighted by atomic mass is 35.5. The minimum atomic E-state index is -0.0787. The Bertz CT molecular complexity index is 486. The third-order valence-corrected chi connectivity index (χ3v) is 4.72. The molecule has 0 bridgehead atoms. The monoisotopic (exact) mass is 308 g/mol. The molecule has 1 N–H and O–H groups in total. The molecular formula is C17H25ClN2O. The average Bonchev–Trinajstić information content (AvgIpc) is 2.76. The highest BCUT2D eigenvalue weighted by Gasteiger charge is 2.39. The Balaban J connectivity index is 2.23. The molecule has 1 aliphatic rings. The molecule has 3 atom stereocenters. The van der Waals surface area contributed by atoms with E-state index in [9.17, 15) is 4.79 Å². The van der Waals surface area contributed by atoms with Gasteiger partial charge in [0.1, 0.15) is 6.17 Å². The minimum absolute atomic E-state index is 0.0408. The third-order valence-electron chi connectivity index (χ3n) is 4.47. The van der Waals surface area contributed by atoms with Crippen LogP contribution in [0.1, 0.15) is 45.8 Å². The van der Waals surface area contributed by atoms with Crippen LogP contribution in [0.2, 0.25) is 5.02 Å². The zero-order valence-corrected chi connectivity index (χ0v) is 14.0. The Hall–Kier alpha value is -1.06. The number of benzene rings is 1. The lowest BCUT2D eigenvalue weighted by atomic mass is 9.97. The van der Waals surface area contributed by atoms with Crippen LogP contribution in [0.5, 0.6) is 0 Å². The van der Waals surface area contributed by atoms with Gasteiger partial charge < -0.3 is 4.90 Å². The Kier molecular flexibility index (Phi) is 5.28. The Morgan fingerprint density at radius 3 is 2.38 bits per heavy atom. The fourth-order valence-electron chi connectivity index (χ4n) is 2.61. The summed E-state index contributed by atoms with van der Waals surface area (Å²) in [6, 6.07) is 7.68. The molecule has 0 spiro atoms. The largest absolute Gasteiger partial charge is 0.321 e. The second kappa shape index (κ2) is 6.80. The van der Waals surface area contributed by atoms with E-state index in [-0.39, 0.29) is 18.1 Å². The summed E-state index contributed by atoms with van der Waals surface area (Å²) in [4.78, 5) is 14.6. The zero-order chi connectivity index (χ0) is 15.6. The molecule has 1 amide bonds. The van der Waals surface area contributed by atoms with Crippen LogP contribution in [0.4, 0.5) is 0 Å². The highest BCUT2D eigenvalue weighted by Crippen LogP contribution is 2.29. The van der Waals surface area contributed by atoms with E-state index < -0.39 is 0 Å². The number of carbonyl (C=O) groups excluding carboxylic acids is 1. The van der Waals surface area contributed by atoms with Crippen molar-refractivity contribution < 1.29 is 4.79 Å². The second-order valence-electron chi connectivity index (χ2n) is 6.29. The Labute approximate surface area is 132 Å². The third kappa shape index (κ3) is 3.58. The zero-order valence-electron chi connectivity index (χ0n) is 13.3. The lowest BCUT2D eigenvalue weighted by Crippen LogP contribution is -2.35. The van der Waals surface area contributed by atoms with Gasteiger partial charge in [-0.3, -0.25) is 10.1 Å². The second-order valence-corrected chi connectivity index (χ2v) is 6.73. The van der Waals surface area contributed by atoms with Crippen molar-refractivity contribution in [3.8, 4) is 0 Å². The van der Waals surface area contributed by atoms with Gasteiger partial charge in [-0.2, -0.15) is 0 Å². The van der Waals surface area contributed by atoms with Crippen LogP contribution in [-0.2, 0) is 4.79 Å². The van der Waals surface area contributed by atoms with Crippen molar-refractivity contribution in [2.24, 2.45) is 11.8 Å². The van der Waals surface area contributed by atoms with Gasteiger partial charge in [-0.25, -0.2) is 0 Å². The maximum atomic E-state index is 12.6. The van der Waals surface area contributed by atoms with Gasteiger partial charge in [0.2, 0.25) is 5.91 Å². The predicted molar refractivity (Wildman–Crippen MR) is 87.1 cm³/mol. The van der Waals surface area contributed by atoms with Crippen molar-refractivity contribution >= 4 is 17.5 Å². The predicted octanol–water partition coefficient (Wildman–Crippen LogP) is 3.84. The number of hydrogen-bond donors (Lipinski definition) is 1. The molecule has 0 radical (unpaired) electrons. The molecular weight excluding hydrogens is 284 g/mol. The Morgan fingerprint density at radius 1 is 1.24 bits per heavy atom. The number of amides is 1. The number of nitrogens with zero attached hydrogens (tertiary/aromatic N) is 1. The summed E-state index contributed by atoms with van der Waals surface area (Å²) < 4.78 is 0. The highest BCUT2D eigenvalue weighted by molar-refractivity contribution is 6.30. The molecule has 0 saturated carbocycles. The van der Waals surface area contributed by atoms with Crippen LogP contribution in [0, 0.1) is 11.8 Å². The maximum absolute atomic E-state index is 12.6. The first-order chi connectivity index (χ1) is 9.93. The van der Waals surface area contributed by atoms with E-state index in [1.165, 1.54) is 0 Å². The van der Waals surface area contributed by atoms with Crippen molar-refractivity contribution in [2.45, 2.75) is 46.3 Å². The van der Waals surface area contributed by atoms with Gasteiger partial charge in [-0.15, -0.1) is 0 Å². The molecule has 0 aliphatic carbocycles. The number of hydrogen-bond acceptors (Lipinski definition) is 2. The summed E-state index contributed by atoms with van der Waals surface area (Å²) in [5.41, 5.74) is 1.10. The van der Waals surface area contributed by atoms with Gasteiger partial charge in [0.05, 0.1) is 6.04 Å².